The monoisotopic (exact) mass is 200 g/mol. The summed E-state index contributed by atoms with van der Waals surface area (Å²) < 4.78 is 0. The first kappa shape index (κ1) is 13.2. The molecular formula is C12H28Si. The number of rotatable bonds is 3. The molecule has 80 valence electrons. The number of hydrogen-bond acceptors (Lipinski definition) is 0. The zero-order valence-corrected chi connectivity index (χ0v) is 11.9. The summed E-state index contributed by atoms with van der Waals surface area (Å²) in [5.41, 5.74) is 0. The molecule has 0 unspecified atom stereocenters. The Morgan fingerprint density at radius 1 is 0.846 bits per heavy atom. The van der Waals surface area contributed by atoms with Gasteiger partial charge < -0.3 is 0 Å². The van der Waals surface area contributed by atoms with Crippen molar-refractivity contribution in [2.75, 3.05) is 0 Å². The molecule has 0 fully saturated rings. The Balaban J connectivity index is 4.39. The Hall–Kier alpha value is 0.217. The quantitative estimate of drug-likeness (QED) is 0.583. The molecule has 0 nitrogen and oxygen atoms in total. The van der Waals surface area contributed by atoms with Crippen molar-refractivity contribution in [1.29, 1.82) is 0 Å². The SMILES string of the molecule is CCCC[SiH](C(C)(C)C)C(C)(C)C. The van der Waals surface area contributed by atoms with Crippen LogP contribution in [0.1, 0.15) is 61.3 Å². The third-order valence-electron chi connectivity index (χ3n) is 2.94. The highest BCUT2D eigenvalue weighted by Crippen LogP contribution is 2.44. The molecule has 13 heavy (non-hydrogen) atoms. The number of unbranched alkanes of at least 4 members (excludes halogenated alkanes) is 1. The van der Waals surface area contributed by atoms with Crippen molar-refractivity contribution in [2.24, 2.45) is 0 Å². The van der Waals surface area contributed by atoms with E-state index in [1.165, 1.54) is 18.9 Å². The summed E-state index contributed by atoms with van der Waals surface area (Å²) in [5, 5.41) is 1.18. The van der Waals surface area contributed by atoms with Crippen LogP contribution in [0.15, 0.2) is 0 Å². The summed E-state index contributed by atoms with van der Waals surface area (Å²) >= 11 is 0. The van der Waals surface area contributed by atoms with Crippen LogP contribution in [0.4, 0.5) is 0 Å². The van der Waals surface area contributed by atoms with E-state index in [0.29, 0.717) is 10.1 Å². The van der Waals surface area contributed by atoms with Crippen molar-refractivity contribution in [2.45, 2.75) is 77.4 Å². The Kier molecular flexibility index (Phi) is 4.71. The molecule has 0 rings (SSSR count). The topological polar surface area (TPSA) is 0 Å². The van der Waals surface area contributed by atoms with E-state index < -0.39 is 8.80 Å². The molecule has 0 saturated carbocycles. The van der Waals surface area contributed by atoms with Gasteiger partial charge in [0.25, 0.3) is 0 Å². The Morgan fingerprint density at radius 3 is 1.46 bits per heavy atom. The van der Waals surface area contributed by atoms with E-state index in [4.69, 9.17) is 0 Å². The van der Waals surface area contributed by atoms with Crippen molar-refractivity contribution < 1.29 is 0 Å². The molecule has 1 heteroatoms. The molecule has 0 spiro atoms. The molecule has 0 aromatic carbocycles. The smallest absolute Gasteiger partial charge is 0.0477 e. The van der Waals surface area contributed by atoms with Gasteiger partial charge in [0.1, 0.15) is 0 Å². The van der Waals surface area contributed by atoms with Crippen LogP contribution in [0.3, 0.4) is 0 Å². The van der Waals surface area contributed by atoms with Crippen molar-refractivity contribution in [3.63, 3.8) is 0 Å². The third-order valence-corrected chi connectivity index (χ3v) is 8.10. The molecule has 0 aromatic heterocycles. The van der Waals surface area contributed by atoms with E-state index >= 15 is 0 Å². The summed E-state index contributed by atoms with van der Waals surface area (Å²) in [6, 6.07) is 1.52. The minimum Gasteiger partial charge on any atom is -0.0654 e. The first-order chi connectivity index (χ1) is 5.69. The second kappa shape index (κ2) is 4.63. The highest BCUT2D eigenvalue weighted by Gasteiger charge is 2.35. The van der Waals surface area contributed by atoms with E-state index in [9.17, 15) is 0 Å². The summed E-state index contributed by atoms with van der Waals surface area (Å²) in [4.78, 5) is 0. The van der Waals surface area contributed by atoms with E-state index in [-0.39, 0.29) is 0 Å². The van der Waals surface area contributed by atoms with Gasteiger partial charge in [-0.25, -0.2) is 0 Å². The fraction of sp³-hybridized carbons (Fsp3) is 1.00. The van der Waals surface area contributed by atoms with Gasteiger partial charge in [0, 0.05) is 8.80 Å². The lowest BCUT2D eigenvalue weighted by molar-refractivity contribution is 0.629. The third kappa shape index (κ3) is 4.85. The van der Waals surface area contributed by atoms with Gasteiger partial charge in [0.05, 0.1) is 0 Å². The molecule has 0 aromatic rings. The van der Waals surface area contributed by atoms with E-state index in [1.807, 2.05) is 0 Å². The molecular weight excluding hydrogens is 172 g/mol. The molecule has 0 radical (unpaired) electrons. The van der Waals surface area contributed by atoms with Gasteiger partial charge in [-0.05, 0) is 10.1 Å². The van der Waals surface area contributed by atoms with Crippen LogP contribution in [-0.4, -0.2) is 8.80 Å². The van der Waals surface area contributed by atoms with Gasteiger partial charge in [0.15, 0.2) is 0 Å². The van der Waals surface area contributed by atoms with Gasteiger partial charge in [-0.1, -0.05) is 67.4 Å². The molecule has 0 atom stereocenters. The van der Waals surface area contributed by atoms with Crippen LogP contribution < -0.4 is 0 Å². The fourth-order valence-corrected chi connectivity index (χ4v) is 7.72. The Labute approximate surface area is 86.7 Å². The average Bonchev–Trinajstić information content (AvgIpc) is 1.81. The van der Waals surface area contributed by atoms with Crippen LogP contribution in [0.5, 0.6) is 0 Å². The Bertz CT molecular complexity index is 122. The minimum atomic E-state index is -0.628. The van der Waals surface area contributed by atoms with Crippen LogP contribution in [0.2, 0.25) is 16.1 Å². The highest BCUT2D eigenvalue weighted by atomic mass is 28.3. The molecule has 0 aliphatic rings. The second-order valence-corrected chi connectivity index (χ2v) is 11.6. The minimum absolute atomic E-state index is 0.591. The van der Waals surface area contributed by atoms with Crippen LogP contribution in [0, 0.1) is 0 Å². The summed E-state index contributed by atoms with van der Waals surface area (Å²) in [5.74, 6) is 0. The maximum Gasteiger partial charge on any atom is 0.0477 e. The maximum atomic E-state index is 2.44. The molecule has 0 amide bonds. The molecule has 0 N–H and O–H groups in total. The predicted octanol–water partition coefficient (Wildman–Crippen LogP) is 4.61. The molecule has 0 saturated heterocycles. The Morgan fingerprint density at radius 2 is 1.23 bits per heavy atom. The maximum absolute atomic E-state index is 2.44. The van der Waals surface area contributed by atoms with Crippen LogP contribution >= 0.6 is 0 Å². The standard InChI is InChI=1S/C12H28Si/c1-8-9-10-13(11(2,3)4)12(5,6)7/h13H,8-10H2,1-7H3. The lowest BCUT2D eigenvalue weighted by atomic mass is 10.2. The summed E-state index contributed by atoms with van der Waals surface area (Å²) in [6.07, 6.45) is 2.79. The van der Waals surface area contributed by atoms with Gasteiger partial charge in [-0.2, -0.15) is 0 Å². The van der Waals surface area contributed by atoms with Crippen LogP contribution in [-0.2, 0) is 0 Å². The van der Waals surface area contributed by atoms with Crippen LogP contribution in [0.25, 0.3) is 0 Å². The predicted molar refractivity (Wildman–Crippen MR) is 66.3 cm³/mol. The molecule has 0 bridgehead atoms. The highest BCUT2D eigenvalue weighted by molar-refractivity contribution is 6.65. The zero-order chi connectivity index (χ0) is 10.7. The number of hydrogen-bond donors (Lipinski definition) is 0. The lowest BCUT2D eigenvalue weighted by Gasteiger charge is -2.39. The average molecular weight is 200 g/mol. The van der Waals surface area contributed by atoms with E-state index in [0.717, 1.165) is 0 Å². The van der Waals surface area contributed by atoms with Crippen molar-refractivity contribution in [1.82, 2.24) is 0 Å². The first-order valence-corrected chi connectivity index (χ1v) is 7.66. The van der Waals surface area contributed by atoms with Crippen molar-refractivity contribution in [3.05, 3.63) is 0 Å². The molecule has 0 aliphatic carbocycles. The van der Waals surface area contributed by atoms with Crippen molar-refractivity contribution in [3.8, 4) is 0 Å². The van der Waals surface area contributed by atoms with Gasteiger partial charge >= 0.3 is 0 Å². The van der Waals surface area contributed by atoms with Crippen molar-refractivity contribution >= 4 is 8.80 Å². The fourth-order valence-electron chi connectivity index (χ4n) is 2.57. The van der Waals surface area contributed by atoms with Gasteiger partial charge in [-0.3, -0.25) is 0 Å². The van der Waals surface area contributed by atoms with E-state index in [1.54, 1.807) is 0 Å². The summed E-state index contributed by atoms with van der Waals surface area (Å²) in [6.45, 7) is 16.9. The first-order valence-electron chi connectivity index (χ1n) is 5.69. The van der Waals surface area contributed by atoms with Gasteiger partial charge in [0.2, 0.25) is 0 Å². The molecule has 0 heterocycles. The normalized spacial score (nSPS) is 13.8. The summed E-state index contributed by atoms with van der Waals surface area (Å²) in [7, 11) is -0.628. The zero-order valence-electron chi connectivity index (χ0n) is 10.7. The second-order valence-electron chi connectivity index (χ2n) is 6.43. The molecule has 0 aliphatic heterocycles. The lowest BCUT2D eigenvalue weighted by Crippen LogP contribution is -2.34. The van der Waals surface area contributed by atoms with E-state index in [2.05, 4.69) is 48.5 Å². The van der Waals surface area contributed by atoms with Gasteiger partial charge in [-0.15, -0.1) is 0 Å². The largest absolute Gasteiger partial charge is 0.0654 e.